The molecular weight excluding hydrogens is 236 g/mol. The van der Waals surface area contributed by atoms with Crippen molar-refractivity contribution in [1.29, 1.82) is 0 Å². The molecule has 0 aliphatic rings. The Morgan fingerprint density at radius 3 is 2.47 bits per heavy atom. The summed E-state index contributed by atoms with van der Waals surface area (Å²) < 4.78 is 0. The van der Waals surface area contributed by atoms with E-state index in [1.54, 1.807) is 12.4 Å². The average molecular weight is 256 g/mol. The summed E-state index contributed by atoms with van der Waals surface area (Å²) in [7, 11) is 0. The van der Waals surface area contributed by atoms with Crippen LogP contribution >= 0.6 is 0 Å². The lowest BCUT2D eigenvalue weighted by atomic mass is 10.0. The number of nitrogens with zero attached hydrogens (tertiary/aromatic N) is 1. The largest absolute Gasteiger partial charge is 0.387 e. The zero-order chi connectivity index (χ0) is 13.5. The van der Waals surface area contributed by atoms with Crippen LogP contribution < -0.4 is 5.32 Å². The minimum Gasteiger partial charge on any atom is -0.387 e. The van der Waals surface area contributed by atoms with Crippen LogP contribution in [-0.2, 0) is 0 Å². The monoisotopic (exact) mass is 256 g/mol. The predicted octanol–water partition coefficient (Wildman–Crippen LogP) is 2.86. The Balaban J connectivity index is 1.94. The number of hydrogen-bond acceptors (Lipinski definition) is 3. The van der Waals surface area contributed by atoms with Crippen molar-refractivity contribution in [3.05, 3.63) is 66.0 Å². The number of aromatic nitrogens is 1. The van der Waals surface area contributed by atoms with E-state index in [1.807, 2.05) is 30.3 Å². The highest BCUT2D eigenvalue weighted by Gasteiger charge is 2.12. The molecule has 0 radical (unpaired) electrons. The van der Waals surface area contributed by atoms with Gasteiger partial charge in [0, 0.05) is 30.5 Å². The SMILES string of the molecule is CC[C@@H](NC[C@H](O)c1cccnc1)c1ccccc1. The second kappa shape index (κ2) is 7.02. The van der Waals surface area contributed by atoms with Gasteiger partial charge in [-0.05, 0) is 18.1 Å². The highest BCUT2D eigenvalue weighted by molar-refractivity contribution is 5.19. The molecule has 3 heteroatoms. The maximum Gasteiger partial charge on any atom is 0.0929 e. The van der Waals surface area contributed by atoms with Gasteiger partial charge in [0.1, 0.15) is 0 Å². The fourth-order valence-electron chi connectivity index (χ4n) is 2.13. The third-order valence-electron chi connectivity index (χ3n) is 3.24. The van der Waals surface area contributed by atoms with E-state index in [4.69, 9.17) is 0 Å². The van der Waals surface area contributed by atoms with Crippen molar-refractivity contribution in [2.45, 2.75) is 25.5 Å². The minimum absolute atomic E-state index is 0.271. The average Bonchev–Trinajstić information content (AvgIpc) is 2.49. The standard InChI is InChI=1S/C16H20N2O/c1-2-15(13-7-4-3-5-8-13)18-12-16(19)14-9-6-10-17-11-14/h3-11,15-16,18-19H,2,12H2,1H3/t15-,16+/m1/s1. The first-order chi connectivity index (χ1) is 9.31. The van der Waals surface area contributed by atoms with Crippen LogP contribution in [0.2, 0.25) is 0 Å². The Kier molecular flexibility index (Phi) is 5.07. The van der Waals surface area contributed by atoms with Crippen LogP contribution in [0.25, 0.3) is 0 Å². The van der Waals surface area contributed by atoms with Gasteiger partial charge in [-0.25, -0.2) is 0 Å². The van der Waals surface area contributed by atoms with Crippen molar-refractivity contribution < 1.29 is 5.11 Å². The van der Waals surface area contributed by atoms with Gasteiger partial charge in [-0.2, -0.15) is 0 Å². The molecule has 0 fully saturated rings. The van der Waals surface area contributed by atoms with Gasteiger partial charge >= 0.3 is 0 Å². The van der Waals surface area contributed by atoms with Crippen molar-refractivity contribution in [1.82, 2.24) is 10.3 Å². The Bertz CT molecular complexity index is 473. The molecule has 0 spiro atoms. The zero-order valence-electron chi connectivity index (χ0n) is 11.2. The van der Waals surface area contributed by atoms with E-state index in [2.05, 4.69) is 29.4 Å². The molecule has 2 aromatic rings. The summed E-state index contributed by atoms with van der Waals surface area (Å²) in [4.78, 5) is 4.02. The first-order valence-corrected chi connectivity index (χ1v) is 6.67. The molecule has 1 aromatic carbocycles. The van der Waals surface area contributed by atoms with E-state index < -0.39 is 6.10 Å². The molecule has 3 nitrogen and oxygen atoms in total. The first kappa shape index (κ1) is 13.7. The lowest BCUT2D eigenvalue weighted by Gasteiger charge is -2.20. The van der Waals surface area contributed by atoms with Gasteiger partial charge in [0.2, 0.25) is 0 Å². The van der Waals surface area contributed by atoms with Crippen LogP contribution in [0.1, 0.15) is 36.6 Å². The van der Waals surface area contributed by atoms with E-state index in [0.717, 1.165) is 12.0 Å². The smallest absolute Gasteiger partial charge is 0.0929 e. The molecule has 1 aromatic heterocycles. The summed E-state index contributed by atoms with van der Waals surface area (Å²) in [5.74, 6) is 0. The molecule has 0 unspecified atom stereocenters. The molecule has 19 heavy (non-hydrogen) atoms. The maximum atomic E-state index is 10.1. The highest BCUT2D eigenvalue weighted by atomic mass is 16.3. The molecule has 0 aliphatic heterocycles. The number of benzene rings is 1. The maximum absolute atomic E-state index is 10.1. The number of pyridine rings is 1. The number of aliphatic hydroxyl groups excluding tert-OH is 1. The third kappa shape index (κ3) is 3.88. The quantitative estimate of drug-likeness (QED) is 0.835. The number of rotatable bonds is 6. The van der Waals surface area contributed by atoms with E-state index >= 15 is 0 Å². The fraction of sp³-hybridized carbons (Fsp3) is 0.312. The van der Waals surface area contributed by atoms with Crippen molar-refractivity contribution >= 4 is 0 Å². The van der Waals surface area contributed by atoms with Gasteiger partial charge in [-0.15, -0.1) is 0 Å². The second-order valence-corrected chi connectivity index (χ2v) is 4.58. The molecule has 0 bridgehead atoms. The van der Waals surface area contributed by atoms with Crippen molar-refractivity contribution in [2.24, 2.45) is 0 Å². The molecule has 0 saturated heterocycles. The molecule has 0 amide bonds. The van der Waals surface area contributed by atoms with E-state index in [0.29, 0.717) is 6.54 Å². The summed E-state index contributed by atoms with van der Waals surface area (Å²) >= 11 is 0. The summed E-state index contributed by atoms with van der Waals surface area (Å²) in [5, 5.41) is 13.5. The Morgan fingerprint density at radius 1 is 1.11 bits per heavy atom. The molecular formula is C16H20N2O. The predicted molar refractivity (Wildman–Crippen MR) is 76.7 cm³/mol. The van der Waals surface area contributed by atoms with Crippen LogP contribution in [0.5, 0.6) is 0 Å². The first-order valence-electron chi connectivity index (χ1n) is 6.67. The molecule has 100 valence electrons. The molecule has 2 rings (SSSR count). The summed E-state index contributed by atoms with van der Waals surface area (Å²) in [6.07, 6.45) is 3.88. The van der Waals surface area contributed by atoms with Crippen LogP contribution in [0.4, 0.5) is 0 Å². The second-order valence-electron chi connectivity index (χ2n) is 4.58. The molecule has 2 atom stereocenters. The van der Waals surface area contributed by atoms with Gasteiger partial charge in [-0.3, -0.25) is 4.98 Å². The molecule has 0 saturated carbocycles. The third-order valence-corrected chi connectivity index (χ3v) is 3.24. The van der Waals surface area contributed by atoms with Gasteiger partial charge in [-0.1, -0.05) is 43.3 Å². The van der Waals surface area contributed by atoms with Crippen LogP contribution in [0.15, 0.2) is 54.9 Å². The van der Waals surface area contributed by atoms with Gasteiger partial charge in [0.05, 0.1) is 6.10 Å². The number of aliphatic hydroxyl groups is 1. The van der Waals surface area contributed by atoms with Crippen molar-refractivity contribution in [3.8, 4) is 0 Å². The van der Waals surface area contributed by atoms with Gasteiger partial charge < -0.3 is 10.4 Å². The van der Waals surface area contributed by atoms with E-state index in [-0.39, 0.29) is 6.04 Å². The van der Waals surface area contributed by atoms with Crippen LogP contribution in [-0.4, -0.2) is 16.6 Å². The molecule has 2 N–H and O–H groups in total. The van der Waals surface area contributed by atoms with Crippen LogP contribution in [0, 0.1) is 0 Å². The van der Waals surface area contributed by atoms with Gasteiger partial charge in [0.15, 0.2) is 0 Å². The summed E-state index contributed by atoms with van der Waals surface area (Å²) in [6.45, 7) is 2.67. The minimum atomic E-state index is -0.522. The fourth-order valence-corrected chi connectivity index (χ4v) is 2.13. The highest BCUT2D eigenvalue weighted by Crippen LogP contribution is 2.17. The Hall–Kier alpha value is -1.71. The Morgan fingerprint density at radius 2 is 1.84 bits per heavy atom. The van der Waals surface area contributed by atoms with Crippen LogP contribution in [0.3, 0.4) is 0 Å². The summed E-state index contributed by atoms with van der Waals surface area (Å²) in [6, 6.07) is 14.3. The number of hydrogen-bond donors (Lipinski definition) is 2. The Labute approximate surface area is 114 Å². The topological polar surface area (TPSA) is 45.1 Å². The van der Waals surface area contributed by atoms with E-state index in [1.165, 1.54) is 5.56 Å². The zero-order valence-corrected chi connectivity index (χ0v) is 11.2. The lowest BCUT2D eigenvalue weighted by Crippen LogP contribution is -2.26. The van der Waals surface area contributed by atoms with Gasteiger partial charge in [0.25, 0.3) is 0 Å². The van der Waals surface area contributed by atoms with E-state index in [9.17, 15) is 5.11 Å². The lowest BCUT2D eigenvalue weighted by molar-refractivity contribution is 0.169. The molecule has 1 heterocycles. The number of nitrogens with one attached hydrogen (secondary N) is 1. The molecule has 0 aliphatic carbocycles. The van der Waals surface area contributed by atoms with Crippen molar-refractivity contribution in [2.75, 3.05) is 6.54 Å². The normalized spacial score (nSPS) is 14.0. The van der Waals surface area contributed by atoms with Crippen molar-refractivity contribution in [3.63, 3.8) is 0 Å². The summed E-state index contributed by atoms with van der Waals surface area (Å²) in [5.41, 5.74) is 2.10.